The van der Waals surface area contributed by atoms with Crippen molar-refractivity contribution in [2.45, 2.75) is 4.90 Å². The molecular weight excluding hydrogens is 446 g/mol. The third kappa shape index (κ3) is 4.15. The first-order chi connectivity index (χ1) is 14.8. The highest BCUT2D eigenvalue weighted by molar-refractivity contribution is 7.89. The van der Waals surface area contributed by atoms with E-state index in [0.717, 1.165) is 30.0 Å². The highest BCUT2D eigenvalue weighted by atomic mass is 32.2. The fourth-order valence-electron chi connectivity index (χ4n) is 3.40. The summed E-state index contributed by atoms with van der Waals surface area (Å²) in [4.78, 5) is 3.29. The highest BCUT2D eigenvalue weighted by Gasteiger charge is 2.28. The van der Waals surface area contributed by atoms with E-state index < -0.39 is 44.4 Å². The molecule has 170 valence electrons. The summed E-state index contributed by atoms with van der Waals surface area (Å²) in [5.74, 6) is -7.05. The SMILES string of the molecule is CN(C)c1ccc(-c2c(F)c(F)c(F)c(F)c2-c2ccc(S(N)(=O)=O)cc2)cc1N(C)C. The van der Waals surface area contributed by atoms with Crippen LogP contribution >= 0.6 is 0 Å². The van der Waals surface area contributed by atoms with Crippen LogP contribution in [0.3, 0.4) is 0 Å². The molecule has 0 atom stereocenters. The monoisotopic (exact) mass is 467 g/mol. The molecule has 0 radical (unpaired) electrons. The Labute approximate surface area is 183 Å². The number of primary sulfonamides is 1. The van der Waals surface area contributed by atoms with Crippen molar-refractivity contribution in [1.29, 1.82) is 0 Å². The van der Waals surface area contributed by atoms with Crippen molar-refractivity contribution in [3.8, 4) is 22.3 Å². The summed E-state index contributed by atoms with van der Waals surface area (Å²) in [5, 5.41) is 5.07. The second-order valence-corrected chi connectivity index (χ2v) is 9.13. The number of rotatable bonds is 5. The number of anilines is 2. The molecule has 32 heavy (non-hydrogen) atoms. The summed E-state index contributed by atoms with van der Waals surface area (Å²) >= 11 is 0. The average molecular weight is 467 g/mol. The predicted octanol–water partition coefficient (Wildman–Crippen LogP) is 4.36. The third-order valence-corrected chi connectivity index (χ3v) is 5.90. The summed E-state index contributed by atoms with van der Waals surface area (Å²) < 4.78 is 81.3. The van der Waals surface area contributed by atoms with E-state index in [-0.39, 0.29) is 16.0 Å². The van der Waals surface area contributed by atoms with Crippen LogP contribution in [0.4, 0.5) is 28.9 Å². The topological polar surface area (TPSA) is 66.6 Å². The second-order valence-electron chi connectivity index (χ2n) is 7.57. The molecule has 0 heterocycles. The molecule has 0 aliphatic rings. The molecule has 0 saturated carbocycles. The Morgan fingerprint density at radius 2 is 1.09 bits per heavy atom. The molecule has 0 aromatic heterocycles. The molecule has 0 saturated heterocycles. The standard InChI is InChI=1S/C22H21F4N3O2S/c1-28(2)15-10-7-13(11-16(15)29(3)4)18-17(19(23)21(25)22(26)20(18)24)12-5-8-14(9-6-12)32(27,30)31/h5-11H,1-4H3,(H2,27,30,31). The number of benzene rings is 3. The molecule has 3 rings (SSSR count). The largest absolute Gasteiger partial charge is 0.376 e. The van der Waals surface area contributed by atoms with Crippen molar-refractivity contribution >= 4 is 21.4 Å². The zero-order valence-corrected chi connectivity index (χ0v) is 18.6. The van der Waals surface area contributed by atoms with E-state index >= 15 is 4.39 Å². The summed E-state index contributed by atoms with van der Waals surface area (Å²) in [7, 11) is 3.07. The minimum atomic E-state index is -4.04. The summed E-state index contributed by atoms with van der Waals surface area (Å²) in [5.41, 5.74) is 0.433. The van der Waals surface area contributed by atoms with Gasteiger partial charge in [-0.1, -0.05) is 18.2 Å². The van der Waals surface area contributed by atoms with E-state index in [1.165, 1.54) is 12.1 Å². The van der Waals surface area contributed by atoms with Gasteiger partial charge in [-0.25, -0.2) is 31.1 Å². The second kappa shape index (κ2) is 8.44. The number of nitrogens with two attached hydrogens (primary N) is 1. The van der Waals surface area contributed by atoms with E-state index in [9.17, 15) is 21.6 Å². The Hall–Kier alpha value is -3.11. The van der Waals surface area contributed by atoms with Crippen molar-refractivity contribution < 1.29 is 26.0 Å². The Balaban J connectivity index is 2.36. The van der Waals surface area contributed by atoms with Gasteiger partial charge in [0, 0.05) is 39.3 Å². The lowest BCUT2D eigenvalue weighted by Gasteiger charge is -2.24. The van der Waals surface area contributed by atoms with Crippen molar-refractivity contribution in [2.75, 3.05) is 38.0 Å². The van der Waals surface area contributed by atoms with Gasteiger partial charge < -0.3 is 9.80 Å². The quantitative estimate of drug-likeness (QED) is 0.344. The number of halogens is 4. The number of nitrogens with zero attached hydrogens (tertiary/aromatic N) is 2. The van der Waals surface area contributed by atoms with Crippen LogP contribution in [0, 0.1) is 23.3 Å². The Morgan fingerprint density at radius 3 is 1.53 bits per heavy atom. The van der Waals surface area contributed by atoms with Crippen LogP contribution < -0.4 is 14.9 Å². The molecule has 0 fully saturated rings. The molecular formula is C22H21F4N3O2S. The lowest BCUT2D eigenvalue weighted by Crippen LogP contribution is -2.16. The summed E-state index contributed by atoms with van der Waals surface area (Å²) in [6.07, 6.45) is 0. The van der Waals surface area contributed by atoms with Crippen LogP contribution in [0.25, 0.3) is 22.3 Å². The molecule has 2 N–H and O–H groups in total. The Bertz CT molecular complexity index is 1290. The summed E-state index contributed by atoms with van der Waals surface area (Å²) in [6.45, 7) is 0. The minimum Gasteiger partial charge on any atom is -0.376 e. The molecule has 10 heteroatoms. The zero-order chi connectivity index (χ0) is 24.0. The van der Waals surface area contributed by atoms with Crippen molar-refractivity contribution in [1.82, 2.24) is 0 Å². The smallest absolute Gasteiger partial charge is 0.238 e. The maximum Gasteiger partial charge on any atom is 0.238 e. The molecule has 3 aromatic carbocycles. The van der Waals surface area contributed by atoms with Gasteiger partial charge in [0.2, 0.25) is 10.0 Å². The first-order valence-corrected chi connectivity index (χ1v) is 10.9. The number of hydrogen-bond donors (Lipinski definition) is 1. The van der Waals surface area contributed by atoms with Crippen LogP contribution in [0.1, 0.15) is 0 Å². The maximum absolute atomic E-state index is 15.0. The highest BCUT2D eigenvalue weighted by Crippen LogP contribution is 2.41. The van der Waals surface area contributed by atoms with Gasteiger partial charge in [0.25, 0.3) is 0 Å². The molecule has 0 unspecified atom stereocenters. The van der Waals surface area contributed by atoms with E-state index in [1.807, 2.05) is 4.90 Å². The summed E-state index contributed by atoms with van der Waals surface area (Å²) in [6, 6.07) is 9.11. The molecule has 0 amide bonds. The molecule has 5 nitrogen and oxygen atoms in total. The van der Waals surface area contributed by atoms with Crippen molar-refractivity contribution in [2.24, 2.45) is 5.14 Å². The molecule has 3 aromatic rings. The zero-order valence-electron chi connectivity index (χ0n) is 17.7. The predicted molar refractivity (Wildman–Crippen MR) is 117 cm³/mol. The van der Waals surface area contributed by atoms with Crippen LogP contribution in [-0.2, 0) is 10.0 Å². The van der Waals surface area contributed by atoms with E-state index in [2.05, 4.69) is 0 Å². The van der Waals surface area contributed by atoms with Crippen LogP contribution in [-0.4, -0.2) is 36.6 Å². The number of sulfonamides is 1. The molecule has 0 spiro atoms. The van der Waals surface area contributed by atoms with Crippen molar-refractivity contribution in [3.05, 3.63) is 65.7 Å². The molecule has 0 aliphatic carbocycles. The molecule has 0 aliphatic heterocycles. The fourth-order valence-corrected chi connectivity index (χ4v) is 3.92. The van der Waals surface area contributed by atoms with Gasteiger partial charge in [0.1, 0.15) is 0 Å². The van der Waals surface area contributed by atoms with Gasteiger partial charge in [-0.15, -0.1) is 0 Å². The van der Waals surface area contributed by atoms with Crippen LogP contribution in [0.5, 0.6) is 0 Å². The van der Waals surface area contributed by atoms with Gasteiger partial charge in [-0.3, -0.25) is 0 Å². The van der Waals surface area contributed by atoms with E-state index in [4.69, 9.17) is 5.14 Å². The van der Waals surface area contributed by atoms with Gasteiger partial charge in [-0.05, 0) is 35.4 Å². The lowest BCUT2D eigenvalue weighted by molar-refractivity contribution is 0.412. The third-order valence-electron chi connectivity index (χ3n) is 4.97. The lowest BCUT2D eigenvalue weighted by atomic mass is 9.92. The van der Waals surface area contributed by atoms with Crippen molar-refractivity contribution in [3.63, 3.8) is 0 Å². The van der Waals surface area contributed by atoms with Crippen LogP contribution in [0.15, 0.2) is 47.4 Å². The van der Waals surface area contributed by atoms with Gasteiger partial charge >= 0.3 is 0 Å². The Morgan fingerprint density at radius 1 is 0.656 bits per heavy atom. The Kier molecular flexibility index (Phi) is 6.21. The average Bonchev–Trinajstić information content (AvgIpc) is 2.73. The minimum absolute atomic E-state index is 0.0502. The van der Waals surface area contributed by atoms with E-state index in [0.29, 0.717) is 5.69 Å². The number of hydrogen-bond acceptors (Lipinski definition) is 4. The molecule has 0 bridgehead atoms. The van der Waals surface area contributed by atoms with Gasteiger partial charge in [0.05, 0.1) is 16.3 Å². The van der Waals surface area contributed by atoms with Gasteiger partial charge in [-0.2, -0.15) is 0 Å². The van der Waals surface area contributed by atoms with E-state index in [1.54, 1.807) is 39.2 Å². The normalized spacial score (nSPS) is 11.5. The maximum atomic E-state index is 15.0. The first kappa shape index (κ1) is 23.6. The fraction of sp³-hybridized carbons (Fsp3) is 0.182. The van der Waals surface area contributed by atoms with Gasteiger partial charge in [0.15, 0.2) is 23.3 Å². The van der Waals surface area contributed by atoms with Crippen LogP contribution in [0.2, 0.25) is 0 Å². The first-order valence-electron chi connectivity index (χ1n) is 9.32.